The number of hydrogen-bond acceptors (Lipinski definition) is 2. The molecular weight excluding hydrogens is 210 g/mol. The van der Waals surface area contributed by atoms with Crippen LogP contribution >= 0.6 is 0 Å². The molecule has 1 saturated carbocycles. The zero-order valence-electron chi connectivity index (χ0n) is 10.1. The van der Waals surface area contributed by atoms with Crippen molar-refractivity contribution in [2.45, 2.75) is 25.4 Å². The predicted octanol–water partition coefficient (Wildman–Crippen LogP) is 2.34. The minimum atomic E-state index is 0.770. The maximum absolute atomic E-state index is 4.19. The van der Waals surface area contributed by atoms with Gasteiger partial charge in [0.25, 0.3) is 0 Å². The molecule has 2 aromatic rings. The second kappa shape index (κ2) is 4.34. The third kappa shape index (κ3) is 2.39. The van der Waals surface area contributed by atoms with Gasteiger partial charge in [-0.2, -0.15) is 5.10 Å². The van der Waals surface area contributed by atoms with Crippen LogP contribution in [0.25, 0.3) is 11.3 Å². The molecule has 0 radical (unpaired) electrons. The summed E-state index contributed by atoms with van der Waals surface area (Å²) in [6, 6.07) is 11.5. The van der Waals surface area contributed by atoms with Crippen LogP contribution in [0.3, 0.4) is 0 Å². The van der Waals surface area contributed by atoms with E-state index in [4.69, 9.17) is 0 Å². The minimum Gasteiger partial charge on any atom is -0.310 e. The van der Waals surface area contributed by atoms with Gasteiger partial charge < -0.3 is 5.32 Å². The Balaban J connectivity index is 1.72. The fourth-order valence-electron chi connectivity index (χ4n) is 2.00. The smallest absolute Gasteiger partial charge is 0.0678 e. The minimum absolute atomic E-state index is 0.770. The Hall–Kier alpha value is -1.61. The van der Waals surface area contributed by atoms with Gasteiger partial charge >= 0.3 is 0 Å². The van der Waals surface area contributed by atoms with Gasteiger partial charge in [0, 0.05) is 25.8 Å². The second-order valence-corrected chi connectivity index (χ2v) is 4.69. The molecular formula is C14H17N3. The van der Waals surface area contributed by atoms with Crippen LogP contribution in [0.2, 0.25) is 0 Å². The molecule has 88 valence electrons. The molecule has 3 nitrogen and oxygen atoms in total. The first-order valence-electron chi connectivity index (χ1n) is 6.13. The Labute approximate surface area is 101 Å². The van der Waals surface area contributed by atoms with Crippen molar-refractivity contribution in [1.29, 1.82) is 0 Å². The van der Waals surface area contributed by atoms with Crippen molar-refractivity contribution in [2.24, 2.45) is 7.05 Å². The normalized spacial score (nSPS) is 15.1. The zero-order valence-corrected chi connectivity index (χ0v) is 10.1. The molecule has 17 heavy (non-hydrogen) atoms. The average molecular weight is 227 g/mol. The molecule has 0 saturated heterocycles. The van der Waals surface area contributed by atoms with Gasteiger partial charge in [-0.15, -0.1) is 0 Å². The van der Waals surface area contributed by atoms with Crippen molar-refractivity contribution in [3.05, 3.63) is 42.1 Å². The van der Waals surface area contributed by atoms with Crippen LogP contribution < -0.4 is 5.32 Å². The Bertz CT molecular complexity index is 494. The number of nitrogens with one attached hydrogen (secondary N) is 1. The van der Waals surface area contributed by atoms with Gasteiger partial charge in [0.2, 0.25) is 0 Å². The molecule has 1 heterocycles. The van der Waals surface area contributed by atoms with Crippen molar-refractivity contribution in [3.8, 4) is 11.3 Å². The van der Waals surface area contributed by atoms with Crippen LogP contribution in [0, 0.1) is 0 Å². The second-order valence-electron chi connectivity index (χ2n) is 4.69. The van der Waals surface area contributed by atoms with Gasteiger partial charge in [0.15, 0.2) is 0 Å². The highest BCUT2D eigenvalue weighted by Crippen LogP contribution is 2.21. The van der Waals surface area contributed by atoms with E-state index < -0.39 is 0 Å². The predicted molar refractivity (Wildman–Crippen MR) is 68.5 cm³/mol. The molecule has 1 aromatic heterocycles. The van der Waals surface area contributed by atoms with Crippen molar-refractivity contribution in [3.63, 3.8) is 0 Å². The summed E-state index contributed by atoms with van der Waals surface area (Å²) in [6.07, 6.45) is 4.51. The fourth-order valence-corrected chi connectivity index (χ4v) is 2.00. The maximum atomic E-state index is 4.19. The van der Waals surface area contributed by atoms with Crippen molar-refractivity contribution in [2.75, 3.05) is 0 Å². The molecule has 0 amide bonds. The Morgan fingerprint density at radius 1 is 1.24 bits per heavy atom. The van der Waals surface area contributed by atoms with E-state index in [2.05, 4.69) is 34.7 Å². The van der Waals surface area contributed by atoms with E-state index in [1.165, 1.54) is 24.0 Å². The van der Waals surface area contributed by atoms with Gasteiger partial charge in [-0.3, -0.25) is 4.68 Å². The van der Waals surface area contributed by atoms with Gasteiger partial charge in [-0.1, -0.05) is 24.3 Å². The summed E-state index contributed by atoms with van der Waals surface area (Å²) >= 11 is 0. The lowest BCUT2D eigenvalue weighted by molar-refractivity contribution is 0.688. The van der Waals surface area contributed by atoms with Crippen molar-refractivity contribution < 1.29 is 0 Å². The Morgan fingerprint density at radius 2 is 2.00 bits per heavy atom. The number of benzene rings is 1. The van der Waals surface area contributed by atoms with Crippen LogP contribution in [0.4, 0.5) is 0 Å². The maximum Gasteiger partial charge on any atom is 0.0678 e. The number of aryl methyl sites for hydroxylation is 1. The van der Waals surface area contributed by atoms with Crippen LogP contribution in [-0.4, -0.2) is 15.8 Å². The molecule has 0 bridgehead atoms. The van der Waals surface area contributed by atoms with Gasteiger partial charge in [-0.05, 0) is 30.0 Å². The number of nitrogens with zero attached hydrogens (tertiary/aromatic N) is 2. The summed E-state index contributed by atoms with van der Waals surface area (Å²) in [6.45, 7) is 0.982. The van der Waals surface area contributed by atoms with Crippen molar-refractivity contribution >= 4 is 0 Å². The van der Waals surface area contributed by atoms with Crippen LogP contribution in [-0.2, 0) is 13.6 Å². The molecule has 1 aromatic carbocycles. The summed E-state index contributed by atoms with van der Waals surface area (Å²) < 4.78 is 1.90. The molecule has 1 aliphatic carbocycles. The first-order chi connectivity index (χ1) is 8.33. The number of rotatable bonds is 4. The summed E-state index contributed by atoms with van der Waals surface area (Å²) in [5.41, 5.74) is 3.73. The van der Waals surface area contributed by atoms with Crippen LogP contribution in [0.5, 0.6) is 0 Å². The van der Waals surface area contributed by atoms with Gasteiger partial charge in [0.1, 0.15) is 0 Å². The molecule has 0 spiro atoms. The third-order valence-corrected chi connectivity index (χ3v) is 3.24. The third-order valence-electron chi connectivity index (χ3n) is 3.24. The lowest BCUT2D eigenvalue weighted by Gasteiger charge is -2.05. The van der Waals surface area contributed by atoms with Crippen LogP contribution in [0.1, 0.15) is 18.4 Å². The van der Waals surface area contributed by atoms with Gasteiger partial charge in [-0.25, -0.2) is 0 Å². The molecule has 1 aliphatic rings. The molecule has 0 atom stereocenters. The highest BCUT2D eigenvalue weighted by molar-refractivity contribution is 5.59. The summed E-state index contributed by atoms with van der Waals surface area (Å²) in [5.74, 6) is 0. The average Bonchev–Trinajstić information content (AvgIpc) is 3.09. The van der Waals surface area contributed by atoms with E-state index in [9.17, 15) is 0 Å². The standard InChI is InChI=1S/C14H17N3/c1-17-14(8-9-16-17)12-4-2-11(3-5-12)10-15-13-6-7-13/h2-5,8-9,13,15H,6-7,10H2,1H3. The topological polar surface area (TPSA) is 29.9 Å². The summed E-state index contributed by atoms with van der Waals surface area (Å²) in [4.78, 5) is 0. The first-order valence-corrected chi connectivity index (χ1v) is 6.13. The number of hydrogen-bond donors (Lipinski definition) is 1. The quantitative estimate of drug-likeness (QED) is 0.869. The fraction of sp³-hybridized carbons (Fsp3) is 0.357. The van der Waals surface area contributed by atoms with E-state index in [-0.39, 0.29) is 0 Å². The molecule has 3 rings (SSSR count). The van der Waals surface area contributed by atoms with E-state index in [1.54, 1.807) is 0 Å². The van der Waals surface area contributed by atoms with Gasteiger partial charge in [0.05, 0.1) is 5.69 Å². The number of aromatic nitrogens is 2. The molecule has 0 unspecified atom stereocenters. The monoisotopic (exact) mass is 227 g/mol. The first kappa shape index (κ1) is 10.5. The van der Waals surface area contributed by atoms with Crippen LogP contribution in [0.15, 0.2) is 36.5 Å². The SMILES string of the molecule is Cn1nccc1-c1ccc(CNC2CC2)cc1. The summed E-state index contributed by atoms with van der Waals surface area (Å²) in [5, 5.41) is 7.71. The summed E-state index contributed by atoms with van der Waals surface area (Å²) in [7, 11) is 1.97. The van der Waals surface area contributed by atoms with Crippen molar-refractivity contribution in [1.82, 2.24) is 15.1 Å². The molecule has 0 aliphatic heterocycles. The molecule has 3 heteroatoms. The van der Waals surface area contributed by atoms with E-state index in [1.807, 2.05) is 24.0 Å². The lowest BCUT2D eigenvalue weighted by atomic mass is 10.1. The van der Waals surface area contributed by atoms with E-state index in [0.717, 1.165) is 18.3 Å². The van der Waals surface area contributed by atoms with E-state index >= 15 is 0 Å². The molecule has 1 fully saturated rings. The highest BCUT2D eigenvalue weighted by Gasteiger charge is 2.19. The molecule has 1 N–H and O–H groups in total. The largest absolute Gasteiger partial charge is 0.310 e. The van der Waals surface area contributed by atoms with E-state index in [0.29, 0.717) is 0 Å². The Kier molecular flexibility index (Phi) is 2.69. The zero-order chi connectivity index (χ0) is 11.7. The Morgan fingerprint density at radius 3 is 2.59 bits per heavy atom. The highest BCUT2D eigenvalue weighted by atomic mass is 15.2. The lowest BCUT2D eigenvalue weighted by Crippen LogP contribution is -2.15.